The molecule has 7 heteroatoms. The van der Waals surface area contributed by atoms with Gasteiger partial charge in [0.2, 0.25) is 11.8 Å². The van der Waals surface area contributed by atoms with Crippen LogP contribution in [0.5, 0.6) is 0 Å². The van der Waals surface area contributed by atoms with Crippen molar-refractivity contribution >= 4 is 23.5 Å². The van der Waals surface area contributed by atoms with Gasteiger partial charge in [-0.3, -0.25) is 9.59 Å². The fraction of sp³-hybridized carbons (Fsp3) is 0.522. The largest absolute Gasteiger partial charge is 0.357 e. The Morgan fingerprint density at radius 1 is 1.27 bits per heavy atom. The average Bonchev–Trinajstić information content (AvgIpc) is 3.44. The minimum Gasteiger partial charge on any atom is -0.357 e. The van der Waals surface area contributed by atoms with Crippen molar-refractivity contribution in [3.63, 3.8) is 0 Å². The van der Waals surface area contributed by atoms with E-state index in [-0.39, 0.29) is 24.4 Å². The molecule has 0 radical (unpaired) electrons. The fourth-order valence-electron chi connectivity index (χ4n) is 4.06. The van der Waals surface area contributed by atoms with Crippen molar-refractivity contribution in [1.82, 2.24) is 15.5 Å². The third-order valence-electron chi connectivity index (χ3n) is 5.58. The van der Waals surface area contributed by atoms with Crippen LogP contribution in [0.1, 0.15) is 44.6 Å². The molecule has 1 aliphatic carbocycles. The van der Waals surface area contributed by atoms with E-state index in [2.05, 4.69) is 26.9 Å². The number of likely N-dealkylation sites (tertiary alicyclic amines) is 1. The van der Waals surface area contributed by atoms with Gasteiger partial charge in [0.05, 0.1) is 0 Å². The maximum absolute atomic E-state index is 12.6. The summed E-state index contributed by atoms with van der Waals surface area (Å²) in [5.41, 5.74) is 1.37. The molecule has 3 rings (SSSR count). The number of nitrogens with one attached hydrogen (secondary N) is 3. The first-order chi connectivity index (χ1) is 14.6. The molecule has 7 nitrogen and oxygen atoms in total. The van der Waals surface area contributed by atoms with Gasteiger partial charge in [-0.1, -0.05) is 24.8 Å². The van der Waals surface area contributed by atoms with Crippen molar-refractivity contribution in [1.29, 1.82) is 0 Å². The van der Waals surface area contributed by atoms with Gasteiger partial charge in [0.15, 0.2) is 5.96 Å². The van der Waals surface area contributed by atoms with E-state index in [1.54, 1.807) is 18.2 Å². The van der Waals surface area contributed by atoms with Crippen LogP contribution < -0.4 is 16.0 Å². The molecule has 1 unspecified atom stereocenters. The first kappa shape index (κ1) is 21.7. The number of terminal acetylenes is 1. The highest BCUT2D eigenvalue weighted by molar-refractivity contribution is 5.94. The highest BCUT2D eigenvalue weighted by atomic mass is 16.2. The summed E-state index contributed by atoms with van der Waals surface area (Å²) in [6, 6.07) is 7.30. The van der Waals surface area contributed by atoms with Gasteiger partial charge in [0.25, 0.3) is 0 Å². The van der Waals surface area contributed by atoms with Crippen LogP contribution in [0.3, 0.4) is 0 Å². The van der Waals surface area contributed by atoms with E-state index >= 15 is 0 Å². The van der Waals surface area contributed by atoms with Gasteiger partial charge >= 0.3 is 0 Å². The molecule has 0 spiro atoms. The second-order valence-corrected chi connectivity index (χ2v) is 7.86. The van der Waals surface area contributed by atoms with Crippen LogP contribution in [-0.4, -0.2) is 54.9 Å². The topological polar surface area (TPSA) is 85.8 Å². The van der Waals surface area contributed by atoms with E-state index < -0.39 is 0 Å². The highest BCUT2D eigenvalue weighted by Crippen LogP contribution is 2.27. The zero-order chi connectivity index (χ0) is 21.3. The summed E-state index contributed by atoms with van der Waals surface area (Å²) in [6.07, 6.45) is 10.7. The summed E-state index contributed by atoms with van der Waals surface area (Å²) < 4.78 is 0. The SMILES string of the molecule is C#Cc1cccc(NC(=O)CN=C(NCC)NC2CCN(C(=O)C3CCCC3)C2)c1. The van der Waals surface area contributed by atoms with Crippen molar-refractivity contribution in [2.24, 2.45) is 10.9 Å². The first-order valence-electron chi connectivity index (χ1n) is 10.8. The second-order valence-electron chi connectivity index (χ2n) is 7.86. The number of guanidine groups is 1. The molecular formula is C23H31N5O2. The molecule has 1 aliphatic heterocycles. The summed E-state index contributed by atoms with van der Waals surface area (Å²) in [5.74, 6) is 3.43. The number of aliphatic imine (C=N–C) groups is 1. The summed E-state index contributed by atoms with van der Waals surface area (Å²) in [5, 5.41) is 9.35. The van der Waals surface area contributed by atoms with Crippen molar-refractivity contribution in [3.8, 4) is 12.3 Å². The molecule has 1 aromatic carbocycles. The standard InChI is InChI=1S/C23H31N5O2/c1-3-17-8-7-11-19(14-17)26-21(29)15-25-23(24-4-2)27-20-12-13-28(16-20)22(30)18-9-5-6-10-18/h1,7-8,11,14,18,20H,4-6,9-10,12-13,15-16H2,2H3,(H,26,29)(H2,24,25,27). The van der Waals surface area contributed by atoms with Crippen LogP contribution in [0.2, 0.25) is 0 Å². The Labute approximate surface area is 178 Å². The lowest BCUT2D eigenvalue weighted by Gasteiger charge is -2.21. The van der Waals surface area contributed by atoms with E-state index in [0.29, 0.717) is 36.2 Å². The van der Waals surface area contributed by atoms with Gasteiger partial charge in [-0.15, -0.1) is 6.42 Å². The minimum atomic E-state index is -0.217. The second kappa shape index (κ2) is 10.7. The maximum atomic E-state index is 12.6. The molecule has 1 atom stereocenters. The number of hydrogen-bond acceptors (Lipinski definition) is 3. The molecule has 1 heterocycles. The summed E-state index contributed by atoms with van der Waals surface area (Å²) in [4.78, 5) is 31.3. The van der Waals surface area contributed by atoms with Crippen LogP contribution in [0.25, 0.3) is 0 Å². The highest BCUT2D eigenvalue weighted by Gasteiger charge is 2.32. The van der Waals surface area contributed by atoms with Crippen molar-refractivity contribution in [3.05, 3.63) is 29.8 Å². The number of hydrogen-bond donors (Lipinski definition) is 3. The van der Waals surface area contributed by atoms with E-state index in [9.17, 15) is 9.59 Å². The van der Waals surface area contributed by atoms with Crippen LogP contribution in [-0.2, 0) is 9.59 Å². The smallest absolute Gasteiger partial charge is 0.246 e. The van der Waals surface area contributed by atoms with Crippen LogP contribution in [0, 0.1) is 18.3 Å². The third-order valence-corrected chi connectivity index (χ3v) is 5.58. The number of anilines is 1. The molecule has 2 amide bonds. The van der Waals surface area contributed by atoms with Gasteiger partial charge in [0, 0.05) is 42.8 Å². The lowest BCUT2D eigenvalue weighted by atomic mass is 10.1. The van der Waals surface area contributed by atoms with Gasteiger partial charge in [-0.05, 0) is 44.4 Å². The molecule has 160 valence electrons. The summed E-state index contributed by atoms with van der Waals surface area (Å²) >= 11 is 0. The molecule has 2 aliphatic rings. The molecule has 3 N–H and O–H groups in total. The molecule has 1 saturated heterocycles. The van der Waals surface area contributed by atoms with Gasteiger partial charge < -0.3 is 20.9 Å². The zero-order valence-corrected chi connectivity index (χ0v) is 17.6. The average molecular weight is 410 g/mol. The molecule has 30 heavy (non-hydrogen) atoms. The van der Waals surface area contributed by atoms with Gasteiger partial charge in [-0.25, -0.2) is 4.99 Å². The van der Waals surface area contributed by atoms with E-state index in [4.69, 9.17) is 6.42 Å². The van der Waals surface area contributed by atoms with Gasteiger partial charge in [-0.2, -0.15) is 0 Å². The first-order valence-corrected chi connectivity index (χ1v) is 10.8. The predicted octanol–water partition coefficient (Wildman–Crippen LogP) is 1.95. The third kappa shape index (κ3) is 5.99. The molecular weight excluding hydrogens is 378 g/mol. The predicted molar refractivity (Wildman–Crippen MR) is 119 cm³/mol. The number of benzene rings is 1. The zero-order valence-electron chi connectivity index (χ0n) is 17.6. The monoisotopic (exact) mass is 409 g/mol. The number of carbonyl (C=O) groups is 2. The van der Waals surface area contributed by atoms with Crippen LogP contribution in [0.4, 0.5) is 5.69 Å². The lowest BCUT2D eigenvalue weighted by molar-refractivity contribution is -0.134. The van der Waals surface area contributed by atoms with Crippen molar-refractivity contribution in [2.75, 3.05) is 31.5 Å². The number of rotatable bonds is 6. The Morgan fingerprint density at radius 2 is 2.07 bits per heavy atom. The quantitative estimate of drug-likeness (QED) is 0.381. The number of nitrogens with zero attached hydrogens (tertiary/aromatic N) is 2. The fourth-order valence-corrected chi connectivity index (χ4v) is 4.06. The van der Waals surface area contributed by atoms with E-state index in [0.717, 1.165) is 38.6 Å². The maximum Gasteiger partial charge on any atom is 0.246 e. The number of carbonyl (C=O) groups excluding carboxylic acids is 2. The number of amides is 2. The molecule has 0 bridgehead atoms. The Hall–Kier alpha value is -3.01. The molecule has 1 saturated carbocycles. The molecule has 1 aromatic rings. The Bertz CT molecular complexity index is 823. The van der Waals surface area contributed by atoms with Crippen molar-refractivity contribution < 1.29 is 9.59 Å². The van der Waals surface area contributed by atoms with E-state index in [1.165, 1.54) is 0 Å². The van der Waals surface area contributed by atoms with Crippen LogP contribution >= 0.6 is 0 Å². The Kier molecular flexibility index (Phi) is 7.72. The van der Waals surface area contributed by atoms with E-state index in [1.807, 2.05) is 17.9 Å². The van der Waals surface area contributed by atoms with Crippen molar-refractivity contribution in [2.45, 2.75) is 45.1 Å². The lowest BCUT2D eigenvalue weighted by Crippen LogP contribution is -2.45. The molecule has 2 fully saturated rings. The summed E-state index contributed by atoms with van der Waals surface area (Å²) in [7, 11) is 0. The Morgan fingerprint density at radius 3 is 2.80 bits per heavy atom. The summed E-state index contributed by atoms with van der Waals surface area (Å²) in [6.45, 7) is 4.12. The van der Waals surface area contributed by atoms with Gasteiger partial charge in [0.1, 0.15) is 6.54 Å². The molecule has 0 aromatic heterocycles. The van der Waals surface area contributed by atoms with Crippen LogP contribution in [0.15, 0.2) is 29.3 Å². The normalized spacial score (nSPS) is 19.4. The Balaban J connectivity index is 1.51. The minimum absolute atomic E-state index is 0.00689.